The fraction of sp³-hybridized carbons (Fsp3) is 0.765. The highest BCUT2D eigenvalue weighted by molar-refractivity contribution is 7.13. The lowest BCUT2D eigenvalue weighted by atomic mass is 9.89. The van der Waals surface area contributed by atoms with Gasteiger partial charge in [0.1, 0.15) is 0 Å². The van der Waals surface area contributed by atoms with Gasteiger partial charge in [-0.05, 0) is 32.1 Å². The van der Waals surface area contributed by atoms with Crippen LogP contribution in [0.2, 0.25) is 0 Å². The van der Waals surface area contributed by atoms with Crippen molar-refractivity contribution in [3.63, 3.8) is 0 Å². The molecule has 5 heteroatoms. The maximum atomic E-state index is 12.1. The van der Waals surface area contributed by atoms with Crippen molar-refractivity contribution in [2.75, 3.05) is 24.5 Å². The van der Waals surface area contributed by atoms with Crippen molar-refractivity contribution in [2.24, 2.45) is 5.92 Å². The molecule has 2 aliphatic rings. The quantitative estimate of drug-likeness (QED) is 0.904. The molecule has 122 valence electrons. The molecule has 0 aromatic carbocycles. The molecule has 0 bridgehead atoms. The Bertz CT molecular complexity index is 476. The van der Waals surface area contributed by atoms with Crippen LogP contribution in [0.25, 0.3) is 0 Å². The SMILES string of the molecule is O=C(NCCc1csc(N2CCCCC2)n1)C1CCCCC1. The first-order chi connectivity index (χ1) is 10.8. The third kappa shape index (κ3) is 4.22. The number of amides is 1. The van der Waals surface area contributed by atoms with Crippen molar-refractivity contribution in [1.29, 1.82) is 0 Å². The lowest BCUT2D eigenvalue weighted by molar-refractivity contribution is -0.125. The van der Waals surface area contributed by atoms with Crippen LogP contribution in [0.4, 0.5) is 5.13 Å². The molecule has 1 saturated carbocycles. The highest BCUT2D eigenvalue weighted by atomic mass is 32.1. The van der Waals surface area contributed by atoms with Gasteiger partial charge in [-0.1, -0.05) is 19.3 Å². The van der Waals surface area contributed by atoms with Crippen molar-refractivity contribution in [2.45, 2.75) is 57.8 Å². The average molecular weight is 321 g/mol. The van der Waals surface area contributed by atoms with Gasteiger partial charge < -0.3 is 10.2 Å². The standard InChI is InChI=1S/C17H27N3OS/c21-16(14-7-3-1-4-8-14)18-10-9-15-13-22-17(19-15)20-11-5-2-6-12-20/h13-14H,1-12H2,(H,18,21). The summed E-state index contributed by atoms with van der Waals surface area (Å²) in [5, 5.41) is 6.41. The van der Waals surface area contributed by atoms with Gasteiger partial charge in [-0.3, -0.25) is 4.79 Å². The average Bonchev–Trinajstić information content (AvgIpc) is 3.05. The number of aromatic nitrogens is 1. The summed E-state index contributed by atoms with van der Waals surface area (Å²) in [6.45, 7) is 3.01. The molecule has 1 aliphatic carbocycles. The molecular formula is C17H27N3OS. The Morgan fingerprint density at radius 1 is 1.18 bits per heavy atom. The summed E-state index contributed by atoms with van der Waals surface area (Å²) in [5.41, 5.74) is 1.12. The molecule has 0 radical (unpaired) electrons. The number of carbonyl (C=O) groups excluding carboxylic acids is 1. The maximum Gasteiger partial charge on any atom is 0.223 e. The van der Waals surface area contributed by atoms with Crippen LogP contribution in [0.1, 0.15) is 57.1 Å². The van der Waals surface area contributed by atoms with Gasteiger partial charge in [-0.15, -0.1) is 11.3 Å². The molecular weight excluding hydrogens is 294 g/mol. The Kier molecular flexibility index (Phi) is 5.70. The number of nitrogens with one attached hydrogen (secondary N) is 1. The largest absolute Gasteiger partial charge is 0.355 e. The van der Waals surface area contributed by atoms with Crippen molar-refractivity contribution in [3.05, 3.63) is 11.1 Å². The summed E-state index contributed by atoms with van der Waals surface area (Å²) in [6, 6.07) is 0. The Morgan fingerprint density at radius 2 is 1.91 bits per heavy atom. The number of rotatable bonds is 5. The number of anilines is 1. The Hall–Kier alpha value is -1.10. The first-order valence-corrected chi connectivity index (χ1v) is 9.68. The second-order valence-corrected chi connectivity index (χ2v) is 7.38. The second kappa shape index (κ2) is 7.95. The van der Waals surface area contributed by atoms with Crippen LogP contribution in [-0.2, 0) is 11.2 Å². The summed E-state index contributed by atoms with van der Waals surface area (Å²) in [4.78, 5) is 19.2. The normalized spacial score (nSPS) is 20.1. The first-order valence-electron chi connectivity index (χ1n) is 8.80. The lowest BCUT2D eigenvalue weighted by Crippen LogP contribution is -2.33. The number of carbonyl (C=O) groups is 1. The van der Waals surface area contributed by atoms with Gasteiger partial charge in [0.2, 0.25) is 5.91 Å². The van der Waals surface area contributed by atoms with Gasteiger partial charge >= 0.3 is 0 Å². The Morgan fingerprint density at radius 3 is 2.68 bits per heavy atom. The van der Waals surface area contributed by atoms with Crippen LogP contribution < -0.4 is 10.2 Å². The van der Waals surface area contributed by atoms with Gasteiger partial charge in [-0.25, -0.2) is 4.98 Å². The first kappa shape index (κ1) is 15.8. The molecule has 0 atom stereocenters. The molecule has 0 spiro atoms. The van der Waals surface area contributed by atoms with Crippen molar-refractivity contribution in [1.82, 2.24) is 10.3 Å². The minimum Gasteiger partial charge on any atom is -0.355 e. The Balaban J connectivity index is 1.41. The molecule has 1 aromatic heterocycles. The number of thiazole rings is 1. The second-order valence-electron chi connectivity index (χ2n) is 6.55. The van der Waals surface area contributed by atoms with Gasteiger partial charge in [0.25, 0.3) is 0 Å². The van der Waals surface area contributed by atoms with Crippen LogP contribution in [0, 0.1) is 5.92 Å². The van der Waals surface area contributed by atoms with E-state index in [0.717, 1.165) is 49.7 Å². The molecule has 22 heavy (non-hydrogen) atoms. The van der Waals surface area contributed by atoms with E-state index >= 15 is 0 Å². The minimum absolute atomic E-state index is 0.256. The van der Waals surface area contributed by atoms with Crippen molar-refractivity contribution >= 4 is 22.4 Å². The topological polar surface area (TPSA) is 45.2 Å². The van der Waals surface area contributed by atoms with Gasteiger partial charge in [-0.2, -0.15) is 0 Å². The molecule has 1 amide bonds. The monoisotopic (exact) mass is 321 g/mol. The molecule has 1 aliphatic heterocycles. The third-order valence-corrected chi connectivity index (χ3v) is 5.77. The van der Waals surface area contributed by atoms with Crippen molar-refractivity contribution in [3.8, 4) is 0 Å². The molecule has 0 unspecified atom stereocenters. The smallest absolute Gasteiger partial charge is 0.223 e. The van der Waals surface area contributed by atoms with E-state index in [2.05, 4.69) is 15.6 Å². The van der Waals surface area contributed by atoms with E-state index in [9.17, 15) is 4.79 Å². The highest BCUT2D eigenvalue weighted by Crippen LogP contribution is 2.25. The number of piperidine rings is 1. The predicted molar refractivity (Wildman–Crippen MR) is 91.5 cm³/mol. The zero-order valence-corrected chi connectivity index (χ0v) is 14.2. The van der Waals surface area contributed by atoms with Gasteiger partial charge in [0.05, 0.1) is 5.69 Å². The molecule has 4 nitrogen and oxygen atoms in total. The Labute approximate surface area is 137 Å². The maximum absolute atomic E-state index is 12.1. The summed E-state index contributed by atoms with van der Waals surface area (Å²) in [6.07, 6.45) is 10.6. The van der Waals surface area contributed by atoms with Crippen LogP contribution in [0.5, 0.6) is 0 Å². The highest BCUT2D eigenvalue weighted by Gasteiger charge is 2.20. The zero-order valence-electron chi connectivity index (χ0n) is 13.4. The molecule has 3 rings (SSSR count). The summed E-state index contributed by atoms with van der Waals surface area (Å²) >= 11 is 1.75. The van der Waals surface area contributed by atoms with E-state index in [1.54, 1.807) is 11.3 Å². The fourth-order valence-electron chi connectivity index (χ4n) is 3.46. The van der Waals surface area contributed by atoms with E-state index in [-0.39, 0.29) is 11.8 Å². The van der Waals surface area contributed by atoms with Gasteiger partial charge in [0.15, 0.2) is 5.13 Å². The number of hydrogen-bond acceptors (Lipinski definition) is 4. The minimum atomic E-state index is 0.256. The fourth-order valence-corrected chi connectivity index (χ4v) is 4.38. The van der Waals surface area contributed by atoms with E-state index in [0.29, 0.717) is 0 Å². The third-order valence-electron chi connectivity index (χ3n) is 4.82. The van der Waals surface area contributed by atoms with E-state index in [4.69, 9.17) is 4.98 Å². The summed E-state index contributed by atoms with van der Waals surface area (Å²) < 4.78 is 0. The molecule has 2 fully saturated rings. The number of hydrogen-bond donors (Lipinski definition) is 1. The lowest BCUT2D eigenvalue weighted by Gasteiger charge is -2.25. The molecule has 1 aromatic rings. The van der Waals surface area contributed by atoms with Crippen LogP contribution in [0.3, 0.4) is 0 Å². The molecule has 2 heterocycles. The number of nitrogens with zero attached hydrogens (tertiary/aromatic N) is 2. The summed E-state index contributed by atoms with van der Waals surface area (Å²) in [5.74, 6) is 0.513. The zero-order chi connectivity index (χ0) is 15.2. The van der Waals surface area contributed by atoms with E-state index in [1.807, 2.05) is 0 Å². The van der Waals surface area contributed by atoms with Crippen LogP contribution >= 0.6 is 11.3 Å². The van der Waals surface area contributed by atoms with Crippen LogP contribution in [-0.4, -0.2) is 30.5 Å². The molecule has 1 N–H and O–H groups in total. The van der Waals surface area contributed by atoms with Crippen molar-refractivity contribution < 1.29 is 4.79 Å². The van der Waals surface area contributed by atoms with E-state index < -0.39 is 0 Å². The summed E-state index contributed by atoms with van der Waals surface area (Å²) in [7, 11) is 0. The van der Waals surface area contributed by atoms with Gasteiger partial charge in [0, 0.05) is 37.4 Å². The predicted octanol–water partition coefficient (Wildman–Crippen LogP) is 3.37. The molecule has 1 saturated heterocycles. The van der Waals surface area contributed by atoms with Crippen LogP contribution in [0.15, 0.2) is 5.38 Å². The van der Waals surface area contributed by atoms with E-state index in [1.165, 1.54) is 38.5 Å².